The molecule has 0 aliphatic heterocycles. The van der Waals surface area contributed by atoms with Crippen LogP contribution in [0.15, 0.2) is 40.9 Å². The van der Waals surface area contributed by atoms with Crippen LogP contribution in [-0.4, -0.2) is 16.0 Å². The number of aromatic hydroxyl groups is 1. The van der Waals surface area contributed by atoms with Crippen molar-refractivity contribution in [2.75, 3.05) is 5.32 Å². The van der Waals surface area contributed by atoms with Crippen LogP contribution in [0.4, 0.5) is 5.69 Å². The zero-order valence-corrected chi connectivity index (χ0v) is 15.1. The van der Waals surface area contributed by atoms with Gasteiger partial charge in [0.25, 0.3) is 5.91 Å². The van der Waals surface area contributed by atoms with Crippen LogP contribution in [0.5, 0.6) is 5.75 Å². The summed E-state index contributed by atoms with van der Waals surface area (Å²) in [6, 6.07) is 8.17. The normalized spacial score (nSPS) is 10.7. The average Bonchev–Trinajstić information content (AvgIpc) is 3.00. The number of hydrogen-bond acceptors (Lipinski definition) is 4. The summed E-state index contributed by atoms with van der Waals surface area (Å²) in [6.45, 7) is 1.75. The van der Waals surface area contributed by atoms with Crippen LogP contribution in [0.2, 0.25) is 15.1 Å². The molecular formula is C17H11Cl3N2O3. The number of nitrogens with zero attached hydrogens (tertiary/aromatic N) is 1. The van der Waals surface area contributed by atoms with Crippen molar-refractivity contribution in [1.29, 1.82) is 0 Å². The lowest BCUT2D eigenvalue weighted by atomic mass is 10.1. The number of carbonyl (C=O) groups excluding carboxylic acids is 1. The first-order valence-electron chi connectivity index (χ1n) is 7.07. The van der Waals surface area contributed by atoms with Crippen molar-refractivity contribution in [3.63, 3.8) is 0 Å². The van der Waals surface area contributed by atoms with E-state index in [1.807, 2.05) is 0 Å². The molecule has 128 valence electrons. The minimum Gasteiger partial charge on any atom is -0.505 e. The van der Waals surface area contributed by atoms with Crippen LogP contribution in [-0.2, 0) is 0 Å². The molecule has 0 atom stereocenters. The topological polar surface area (TPSA) is 75.4 Å². The molecule has 1 heterocycles. The molecule has 3 aromatic rings. The largest absolute Gasteiger partial charge is 0.505 e. The Morgan fingerprint density at radius 2 is 1.84 bits per heavy atom. The van der Waals surface area contributed by atoms with E-state index in [1.165, 1.54) is 6.07 Å². The summed E-state index contributed by atoms with van der Waals surface area (Å²) in [4.78, 5) is 16.5. The van der Waals surface area contributed by atoms with Crippen LogP contribution in [0.3, 0.4) is 0 Å². The summed E-state index contributed by atoms with van der Waals surface area (Å²) < 4.78 is 5.44. The SMILES string of the molecule is Cc1ncc(-c2ccc(NC(=O)c3c(O)c(Cl)cc(Cl)c3Cl)cc2)o1. The smallest absolute Gasteiger partial charge is 0.261 e. The van der Waals surface area contributed by atoms with Gasteiger partial charge < -0.3 is 14.8 Å². The quantitative estimate of drug-likeness (QED) is 0.567. The van der Waals surface area contributed by atoms with Gasteiger partial charge in [0, 0.05) is 18.2 Å². The van der Waals surface area contributed by atoms with Crippen LogP contribution >= 0.6 is 34.8 Å². The summed E-state index contributed by atoms with van der Waals surface area (Å²) in [5.41, 5.74) is 1.12. The number of rotatable bonds is 3. The molecule has 0 aliphatic rings. The van der Waals surface area contributed by atoms with Gasteiger partial charge in [0.2, 0.25) is 0 Å². The van der Waals surface area contributed by atoms with Crippen LogP contribution < -0.4 is 5.32 Å². The lowest BCUT2D eigenvalue weighted by Gasteiger charge is -2.11. The standard InChI is InChI=1S/C17H11Cl3N2O3/c1-8-21-7-13(25-8)9-2-4-10(5-3-9)22-17(24)14-15(20)11(18)6-12(19)16(14)23/h2-7,23H,1H3,(H,22,24). The zero-order chi connectivity index (χ0) is 18.1. The highest BCUT2D eigenvalue weighted by molar-refractivity contribution is 6.46. The molecule has 0 fully saturated rings. The molecule has 2 aromatic carbocycles. The van der Waals surface area contributed by atoms with E-state index in [0.29, 0.717) is 17.3 Å². The van der Waals surface area contributed by atoms with E-state index in [1.54, 1.807) is 37.4 Å². The molecule has 0 unspecified atom stereocenters. The maximum Gasteiger partial charge on any atom is 0.261 e. The van der Waals surface area contributed by atoms with Crippen molar-refractivity contribution < 1.29 is 14.3 Å². The number of oxazole rings is 1. The van der Waals surface area contributed by atoms with Crippen molar-refractivity contribution in [3.05, 3.63) is 63.1 Å². The number of hydrogen-bond donors (Lipinski definition) is 2. The predicted molar refractivity (Wildman–Crippen MR) is 97.8 cm³/mol. The van der Waals surface area contributed by atoms with E-state index in [2.05, 4.69) is 10.3 Å². The number of anilines is 1. The molecule has 0 saturated carbocycles. The maximum atomic E-state index is 12.4. The van der Waals surface area contributed by atoms with Gasteiger partial charge in [-0.3, -0.25) is 4.79 Å². The first kappa shape index (κ1) is 17.6. The third-order valence-corrected chi connectivity index (χ3v) is 4.50. The van der Waals surface area contributed by atoms with Gasteiger partial charge in [-0.2, -0.15) is 0 Å². The number of halogens is 3. The van der Waals surface area contributed by atoms with Gasteiger partial charge in [0.05, 0.1) is 21.3 Å². The van der Waals surface area contributed by atoms with Crippen molar-refractivity contribution in [2.24, 2.45) is 0 Å². The van der Waals surface area contributed by atoms with E-state index in [-0.39, 0.29) is 20.6 Å². The Hall–Kier alpha value is -2.21. The van der Waals surface area contributed by atoms with E-state index in [0.717, 1.165) is 5.56 Å². The van der Waals surface area contributed by atoms with Gasteiger partial charge in [0.15, 0.2) is 11.7 Å². The number of benzene rings is 2. The molecule has 0 aliphatic carbocycles. The average molecular weight is 398 g/mol. The van der Waals surface area contributed by atoms with Gasteiger partial charge in [0.1, 0.15) is 11.3 Å². The molecule has 0 spiro atoms. The monoisotopic (exact) mass is 396 g/mol. The van der Waals surface area contributed by atoms with E-state index in [4.69, 9.17) is 39.2 Å². The first-order chi connectivity index (χ1) is 11.9. The number of phenols is 1. The summed E-state index contributed by atoms with van der Waals surface area (Å²) in [6.07, 6.45) is 1.62. The molecule has 5 nitrogen and oxygen atoms in total. The van der Waals surface area contributed by atoms with Crippen LogP contribution in [0.1, 0.15) is 16.2 Å². The van der Waals surface area contributed by atoms with Gasteiger partial charge in [-0.25, -0.2) is 4.98 Å². The number of nitrogens with one attached hydrogen (secondary N) is 1. The van der Waals surface area contributed by atoms with Crippen molar-refractivity contribution in [1.82, 2.24) is 4.98 Å². The number of phenolic OH excluding ortho intramolecular Hbond substituents is 1. The Balaban J connectivity index is 1.85. The summed E-state index contributed by atoms with van der Waals surface area (Å²) in [5, 5.41) is 12.6. The summed E-state index contributed by atoms with van der Waals surface area (Å²) >= 11 is 17.8. The van der Waals surface area contributed by atoms with E-state index < -0.39 is 11.7 Å². The Bertz CT molecular complexity index is 926. The Kier molecular flexibility index (Phi) is 4.90. The lowest BCUT2D eigenvalue weighted by Crippen LogP contribution is -2.13. The molecule has 8 heteroatoms. The number of aromatic nitrogens is 1. The van der Waals surface area contributed by atoms with Crippen LogP contribution in [0.25, 0.3) is 11.3 Å². The van der Waals surface area contributed by atoms with Crippen molar-refractivity contribution in [3.8, 4) is 17.1 Å². The second-order valence-electron chi connectivity index (χ2n) is 5.15. The van der Waals surface area contributed by atoms with Gasteiger partial charge in [-0.15, -0.1) is 0 Å². The van der Waals surface area contributed by atoms with Gasteiger partial charge in [-0.05, 0) is 30.3 Å². The predicted octanol–water partition coefficient (Wildman–Crippen LogP) is 5.57. The second-order valence-corrected chi connectivity index (χ2v) is 6.35. The van der Waals surface area contributed by atoms with Gasteiger partial charge >= 0.3 is 0 Å². The Morgan fingerprint density at radius 3 is 2.44 bits per heavy atom. The minimum atomic E-state index is -0.629. The highest BCUT2D eigenvalue weighted by Crippen LogP contribution is 2.38. The number of aryl methyl sites for hydroxylation is 1. The van der Waals surface area contributed by atoms with Crippen molar-refractivity contribution >= 4 is 46.4 Å². The molecule has 2 N–H and O–H groups in total. The number of carbonyl (C=O) groups is 1. The molecule has 0 bridgehead atoms. The summed E-state index contributed by atoms with van der Waals surface area (Å²) in [5.74, 6) is 0.130. The zero-order valence-electron chi connectivity index (χ0n) is 12.8. The fraction of sp³-hybridized carbons (Fsp3) is 0.0588. The van der Waals surface area contributed by atoms with Gasteiger partial charge in [-0.1, -0.05) is 34.8 Å². The fourth-order valence-electron chi connectivity index (χ4n) is 2.20. The molecule has 0 saturated heterocycles. The third-order valence-electron chi connectivity index (χ3n) is 3.42. The Morgan fingerprint density at radius 1 is 1.16 bits per heavy atom. The van der Waals surface area contributed by atoms with E-state index >= 15 is 0 Å². The van der Waals surface area contributed by atoms with Crippen LogP contribution in [0, 0.1) is 6.92 Å². The Labute approximate surface area is 158 Å². The van der Waals surface area contributed by atoms with Crippen molar-refractivity contribution in [2.45, 2.75) is 6.92 Å². The molecular weight excluding hydrogens is 387 g/mol. The molecule has 3 rings (SSSR count). The minimum absolute atomic E-state index is 0.0596. The van der Waals surface area contributed by atoms with E-state index in [9.17, 15) is 9.90 Å². The summed E-state index contributed by atoms with van der Waals surface area (Å²) in [7, 11) is 0. The highest BCUT2D eigenvalue weighted by atomic mass is 35.5. The maximum absolute atomic E-state index is 12.4. The molecule has 1 aromatic heterocycles. The second kappa shape index (κ2) is 6.96. The number of amides is 1. The molecule has 1 amide bonds. The highest BCUT2D eigenvalue weighted by Gasteiger charge is 2.21. The molecule has 0 radical (unpaired) electrons. The molecule has 25 heavy (non-hydrogen) atoms. The first-order valence-corrected chi connectivity index (χ1v) is 8.21. The third kappa shape index (κ3) is 3.58. The fourth-order valence-corrected chi connectivity index (χ4v) is 2.89. The lowest BCUT2D eigenvalue weighted by molar-refractivity contribution is 0.102.